The van der Waals surface area contributed by atoms with E-state index in [1.807, 2.05) is 0 Å². The Morgan fingerprint density at radius 1 is 1.23 bits per heavy atom. The van der Waals surface area contributed by atoms with Crippen LogP contribution >= 0.6 is 15.9 Å². The maximum atomic E-state index is 14.6. The van der Waals surface area contributed by atoms with E-state index in [9.17, 15) is 19.3 Å². The number of nitro benzene ring substituents is 1. The Morgan fingerprint density at radius 3 is 2.65 bits per heavy atom. The van der Waals surface area contributed by atoms with Crippen LogP contribution in [0.25, 0.3) is 10.9 Å². The molecule has 1 N–H and O–H groups in total. The first-order chi connectivity index (χ1) is 12.5. The van der Waals surface area contributed by atoms with Gasteiger partial charge < -0.3 is 9.88 Å². The molecule has 0 radical (unpaired) electrons. The monoisotopic (exact) mass is 417 g/mol. The Bertz CT molecular complexity index is 1060. The Kier molecular flexibility index (Phi) is 3.99. The molecular weight excluding hydrogens is 405 g/mol. The predicted octanol–water partition coefficient (Wildman–Crippen LogP) is 4.50. The van der Waals surface area contributed by atoms with Crippen LogP contribution in [0.15, 0.2) is 40.9 Å². The molecule has 6 nitrogen and oxygen atoms in total. The van der Waals surface area contributed by atoms with Gasteiger partial charge in [0.05, 0.1) is 21.4 Å². The molecular formula is C18H13BrFN3O3. The van der Waals surface area contributed by atoms with E-state index in [-0.39, 0.29) is 27.9 Å². The van der Waals surface area contributed by atoms with E-state index in [4.69, 9.17) is 0 Å². The molecule has 8 heteroatoms. The van der Waals surface area contributed by atoms with E-state index < -0.39 is 10.7 Å². The molecule has 2 heterocycles. The molecule has 0 fully saturated rings. The van der Waals surface area contributed by atoms with Crippen molar-refractivity contribution in [2.45, 2.75) is 13.0 Å². The standard InChI is InChI=1S/C18H13BrFN3O3/c19-11-4-2-10(3-5-11)17(24)15-14-13(23(25)26)7-6-12(20)16(14)22-9-1-8-21-18(15)22/h2-7,21H,1,8-9H2. The van der Waals surface area contributed by atoms with Crippen LogP contribution in [0.4, 0.5) is 15.9 Å². The highest BCUT2D eigenvalue weighted by Gasteiger charge is 2.32. The molecule has 0 spiro atoms. The number of fused-ring (bicyclic) bond motifs is 3. The molecule has 2 aromatic carbocycles. The number of halogens is 2. The van der Waals surface area contributed by atoms with Crippen molar-refractivity contribution in [2.75, 3.05) is 11.9 Å². The average molecular weight is 418 g/mol. The van der Waals surface area contributed by atoms with Gasteiger partial charge in [0, 0.05) is 29.2 Å². The van der Waals surface area contributed by atoms with Gasteiger partial charge in [0.2, 0.25) is 0 Å². The van der Waals surface area contributed by atoms with Crippen LogP contribution in [0.1, 0.15) is 22.3 Å². The predicted molar refractivity (Wildman–Crippen MR) is 99.2 cm³/mol. The third-order valence-corrected chi connectivity index (χ3v) is 5.04. The highest BCUT2D eigenvalue weighted by atomic mass is 79.9. The average Bonchev–Trinajstić information content (AvgIpc) is 2.97. The van der Waals surface area contributed by atoms with Crippen LogP contribution in [-0.2, 0) is 6.54 Å². The molecule has 0 saturated carbocycles. The third-order valence-electron chi connectivity index (χ3n) is 4.51. The normalized spacial score (nSPS) is 13.3. The van der Waals surface area contributed by atoms with Crippen molar-refractivity contribution in [1.82, 2.24) is 4.57 Å². The van der Waals surface area contributed by atoms with Crippen LogP contribution in [0.2, 0.25) is 0 Å². The van der Waals surface area contributed by atoms with Crippen LogP contribution in [-0.4, -0.2) is 21.8 Å². The fourth-order valence-corrected chi connectivity index (χ4v) is 3.67. The topological polar surface area (TPSA) is 77.2 Å². The summed E-state index contributed by atoms with van der Waals surface area (Å²) in [5.74, 6) is -0.517. The summed E-state index contributed by atoms with van der Waals surface area (Å²) in [6.45, 7) is 1.11. The number of hydrogen-bond acceptors (Lipinski definition) is 4. The summed E-state index contributed by atoms with van der Waals surface area (Å²) in [5.41, 5.74) is 0.357. The van der Waals surface area contributed by atoms with Gasteiger partial charge in [-0.1, -0.05) is 15.9 Å². The van der Waals surface area contributed by atoms with Gasteiger partial charge >= 0.3 is 0 Å². The van der Waals surface area contributed by atoms with Gasteiger partial charge in [0.25, 0.3) is 5.69 Å². The summed E-state index contributed by atoms with van der Waals surface area (Å²) >= 11 is 3.32. The summed E-state index contributed by atoms with van der Waals surface area (Å²) in [7, 11) is 0. The van der Waals surface area contributed by atoms with Crippen molar-refractivity contribution in [1.29, 1.82) is 0 Å². The zero-order valence-electron chi connectivity index (χ0n) is 13.5. The quantitative estimate of drug-likeness (QED) is 0.386. The Labute approximate surface area is 155 Å². The number of ketones is 1. The molecule has 3 aromatic rings. The van der Waals surface area contributed by atoms with E-state index >= 15 is 0 Å². The smallest absolute Gasteiger partial charge is 0.279 e. The second-order valence-corrected chi connectivity index (χ2v) is 6.95. The van der Waals surface area contributed by atoms with Crippen molar-refractivity contribution in [3.8, 4) is 0 Å². The summed E-state index contributed by atoms with van der Waals surface area (Å²) in [6.07, 6.45) is 0.741. The molecule has 0 unspecified atom stereocenters. The highest BCUT2D eigenvalue weighted by Crippen LogP contribution is 2.40. The van der Waals surface area contributed by atoms with Gasteiger partial charge in [-0.3, -0.25) is 14.9 Å². The van der Waals surface area contributed by atoms with Gasteiger partial charge in [-0.2, -0.15) is 0 Å². The second-order valence-electron chi connectivity index (χ2n) is 6.04. The molecule has 0 aliphatic carbocycles. The fraction of sp³-hybridized carbons (Fsp3) is 0.167. The maximum absolute atomic E-state index is 14.6. The number of anilines is 1. The van der Waals surface area contributed by atoms with E-state index in [2.05, 4.69) is 21.2 Å². The van der Waals surface area contributed by atoms with Crippen LogP contribution in [0.5, 0.6) is 0 Å². The van der Waals surface area contributed by atoms with Gasteiger partial charge in [-0.25, -0.2) is 4.39 Å². The minimum absolute atomic E-state index is 0.0484. The zero-order chi connectivity index (χ0) is 18.4. The maximum Gasteiger partial charge on any atom is 0.279 e. The largest absolute Gasteiger partial charge is 0.371 e. The number of rotatable bonds is 3. The molecule has 1 aliphatic heterocycles. The molecule has 0 saturated heterocycles. The lowest BCUT2D eigenvalue weighted by molar-refractivity contribution is -0.383. The minimum Gasteiger partial charge on any atom is -0.371 e. The SMILES string of the molecule is O=C(c1ccc(Br)cc1)c1c2n(c3c(F)ccc([N+](=O)[O-])c13)CCCN2. The van der Waals surface area contributed by atoms with Crippen LogP contribution in [0.3, 0.4) is 0 Å². The Balaban J connectivity index is 2.07. The fourth-order valence-electron chi connectivity index (χ4n) is 3.40. The van der Waals surface area contributed by atoms with Crippen molar-refractivity contribution >= 4 is 44.1 Å². The summed E-state index contributed by atoms with van der Waals surface area (Å²) in [4.78, 5) is 24.1. The number of aryl methyl sites for hydroxylation is 1. The molecule has 1 aromatic heterocycles. The van der Waals surface area contributed by atoms with E-state index in [1.165, 1.54) is 0 Å². The molecule has 4 rings (SSSR count). The first-order valence-electron chi connectivity index (χ1n) is 8.02. The number of carbonyl (C=O) groups is 1. The molecule has 0 amide bonds. The minimum atomic E-state index is -0.578. The van der Waals surface area contributed by atoms with E-state index in [0.717, 1.165) is 23.0 Å². The molecule has 0 atom stereocenters. The lowest BCUT2D eigenvalue weighted by Gasteiger charge is -2.19. The van der Waals surface area contributed by atoms with Gasteiger partial charge in [0.1, 0.15) is 11.6 Å². The van der Waals surface area contributed by atoms with Crippen molar-refractivity contribution in [3.05, 3.63) is 67.9 Å². The number of nitro groups is 1. The first-order valence-corrected chi connectivity index (χ1v) is 8.81. The third kappa shape index (κ3) is 2.48. The number of aromatic nitrogens is 1. The number of carbonyl (C=O) groups excluding carboxylic acids is 1. The van der Waals surface area contributed by atoms with Crippen molar-refractivity contribution in [2.24, 2.45) is 0 Å². The first kappa shape index (κ1) is 16.7. The van der Waals surface area contributed by atoms with Crippen molar-refractivity contribution in [3.63, 3.8) is 0 Å². The molecule has 132 valence electrons. The Hall–Kier alpha value is -2.74. The molecule has 0 bridgehead atoms. The summed E-state index contributed by atoms with van der Waals surface area (Å²) in [5, 5.41) is 14.7. The number of hydrogen-bond donors (Lipinski definition) is 1. The summed E-state index contributed by atoms with van der Waals surface area (Å²) < 4.78 is 17.0. The molecule has 26 heavy (non-hydrogen) atoms. The van der Waals surface area contributed by atoms with Crippen molar-refractivity contribution < 1.29 is 14.1 Å². The zero-order valence-corrected chi connectivity index (χ0v) is 15.0. The van der Waals surface area contributed by atoms with Gasteiger partial charge in [-0.15, -0.1) is 0 Å². The highest BCUT2D eigenvalue weighted by molar-refractivity contribution is 9.10. The molecule has 1 aliphatic rings. The summed E-state index contributed by atoms with van der Waals surface area (Å²) in [6, 6.07) is 8.91. The number of benzene rings is 2. The van der Waals surface area contributed by atoms with E-state index in [0.29, 0.717) is 24.5 Å². The Morgan fingerprint density at radius 2 is 1.96 bits per heavy atom. The number of nitrogens with zero attached hydrogens (tertiary/aromatic N) is 2. The van der Waals surface area contributed by atoms with Crippen LogP contribution < -0.4 is 5.32 Å². The van der Waals surface area contributed by atoms with Gasteiger partial charge in [-0.05, 0) is 36.8 Å². The van der Waals surface area contributed by atoms with E-state index in [1.54, 1.807) is 28.8 Å². The van der Waals surface area contributed by atoms with Gasteiger partial charge in [0.15, 0.2) is 5.78 Å². The lowest BCUT2D eigenvalue weighted by Crippen LogP contribution is -2.18. The lowest BCUT2D eigenvalue weighted by atomic mass is 10.0. The number of nitrogens with one attached hydrogen (secondary N) is 1. The second kappa shape index (κ2) is 6.21. The van der Waals surface area contributed by atoms with Crippen LogP contribution in [0, 0.1) is 15.9 Å². The number of non-ortho nitro benzene ring substituents is 1.